The van der Waals surface area contributed by atoms with Gasteiger partial charge in [-0.05, 0) is 35.6 Å². The van der Waals surface area contributed by atoms with Crippen LogP contribution in [-0.2, 0) is 16.4 Å². The number of carboxylic acid groups (broad SMARTS) is 1. The molecule has 0 spiro atoms. The molecular weight excluding hydrogens is 386 g/mol. The van der Waals surface area contributed by atoms with Crippen molar-refractivity contribution in [3.8, 4) is 0 Å². The van der Waals surface area contributed by atoms with Gasteiger partial charge < -0.3 is 9.52 Å². The van der Waals surface area contributed by atoms with Crippen molar-refractivity contribution in [3.05, 3.63) is 51.9 Å². The van der Waals surface area contributed by atoms with Gasteiger partial charge in [-0.3, -0.25) is 0 Å². The van der Waals surface area contributed by atoms with E-state index in [0.29, 0.717) is 0 Å². The lowest BCUT2D eigenvalue weighted by Crippen LogP contribution is -2.29. The second-order valence-electron chi connectivity index (χ2n) is 5.77. The number of hydrogen-bond donors (Lipinski definition) is 2. The number of fused-ring (bicyclic) bond motifs is 3. The smallest absolute Gasteiger partial charge is 0.373 e. The fourth-order valence-electron chi connectivity index (χ4n) is 3.46. The van der Waals surface area contributed by atoms with Gasteiger partial charge in [0.15, 0.2) is 0 Å². The molecule has 1 heterocycles. The summed E-state index contributed by atoms with van der Waals surface area (Å²) in [7, 11) is -3.92. The van der Waals surface area contributed by atoms with Crippen molar-refractivity contribution in [3.63, 3.8) is 0 Å². The first kappa shape index (κ1) is 14.9. The molecule has 0 saturated heterocycles. The molecule has 2 aliphatic rings. The largest absolute Gasteiger partial charge is 0.475 e. The van der Waals surface area contributed by atoms with E-state index in [-0.39, 0.29) is 22.8 Å². The normalized spacial score (nSPS) is 25.0. The molecule has 1 fully saturated rings. The first-order chi connectivity index (χ1) is 10.9. The Morgan fingerprint density at radius 1 is 1.35 bits per heavy atom. The Morgan fingerprint density at radius 2 is 2.13 bits per heavy atom. The van der Waals surface area contributed by atoms with Gasteiger partial charge in [-0.15, -0.1) is 0 Å². The molecule has 1 saturated carbocycles. The average Bonchev–Trinajstić information content (AvgIpc) is 2.91. The van der Waals surface area contributed by atoms with Crippen molar-refractivity contribution >= 4 is 31.9 Å². The molecule has 4 rings (SSSR count). The number of nitrogens with one attached hydrogen (secondary N) is 1. The molecule has 0 bridgehead atoms. The summed E-state index contributed by atoms with van der Waals surface area (Å²) in [5.74, 6) is -1.59. The first-order valence-electron chi connectivity index (χ1n) is 7.00. The van der Waals surface area contributed by atoms with Crippen LogP contribution < -0.4 is 4.72 Å². The Hall–Kier alpha value is -1.64. The minimum absolute atomic E-state index is 0.150. The lowest BCUT2D eigenvalue weighted by Gasteiger charge is -2.11. The summed E-state index contributed by atoms with van der Waals surface area (Å²) in [5, 5.41) is 9.00. The maximum atomic E-state index is 12.4. The fraction of sp³-hybridized carbons (Fsp3) is 0.267. The highest BCUT2D eigenvalue weighted by Gasteiger charge is 2.57. The van der Waals surface area contributed by atoms with E-state index in [0.717, 1.165) is 28.8 Å². The third kappa shape index (κ3) is 2.24. The predicted octanol–water partition coefficient (Wildman–Crippen LogP) is 2.36. The Bertz CT molecular complexity index is 920. The van der Waals surface area contributed by atoms with Gasteiger partial charge in [0.2, 0.25) is 15.8 Å². The fourth-order valence-corrected chi connectivity index (χ4v) is 5.42. The molecule has 3 unspecified atom stereocenters. The summed E-state index contributed by atoms with van der Waals surface area (Å²) in [6, 6.07) is 6.90. The maximum Gasteiger partial charge on any atom is 0.373 e. The number of benzene rings is 1. The Kier molecular flexibility index (Phi) is 3.20. The van der Waals surface area contributed by atoms with Crippen LogP contribution in [0.5, 0.6) is 0 Å². The average molecular weight is 398 g/mol. The topological polar surface area (TPSA) is 96.6 Å². The molecule has 0 radical (unpaired) electrons. The van der Waals surface area contributed by atoms with Crippen LogP contribution in [0.25, 0.3) is 0 Å². The van der Waals surface area contributed by atoms with E-state index in [2.05, 4.69) is 20.7 Å². The predicted molar refractivity (Wildman–Crippen MR) is 83.9 cm³/mol. The quantitative estimate of drug-likeness (QED) is 0.824. The van der Waals surface area contributed by atoms with Crippen molar-refractivity contribution in [2.24, 2.45) is 5.92 Å². The standard InChI is InChI=1S/C15H12BrNO5S/c16-10-3-1-2-7-8(10)6-9-12(7)13(9)17-23(20,21)11-4-5-22-14(11)15(18)19/h1-5,9,12-13,17H,6H2,(H,18,19). The summed E-state index contributed by atoms with van der Waals surface area (Å²) in [6.07, 6.45) is 1.88. The minimum atomic E-state index is -3.92. The highest BCUT2D eigenvalue weighted by Crippen LogP contribution is 2.57. The van der Waals surface area contributed by atoms with E-state index in [1.165, 1.54) is 5.56 Å². The molecule has 3 atom stereocenters. The van der Waals surface area contributed by atoms with Crippen molar-refractivity contribution in [1.82, 2.24) is 4.72 Å². The van der Waals surface area contributed by atoms with Crippen molar-refractivity contribution < 1.29 is 22.7 Å². The van der Waals surface area contributed by atoms with Crippen LogP contribution in [0.2, 0.25) is 0 Å². The molecule has 23 heavy (non-hydrogen) atoms. The third-order valence-electron chi connectivity index (χ3n) is 4.53. The minimum Gasteiger partial charge on any atom is -0.475 e. The van der Waals surface area contributed by atoms with Gasteiger partial charge in [0.05, 0.1) is 6.26 Å². The van der Waals surface area contributed by atoms with Gasteiger partial charge >= 0.3 is 5.97 Å². The van der Waals surface area contributed by atoms with Crippen LogP contribution in [0.4, 0.5) is 0 Å². The molecule has 2 aliphatic carbocycles. The molecule has 1 aromatic carbocycles. The summed E-state index contributed by atoms with van der Waals surface area (Å²) in [6.45, 7) is 0. The number of carboxylic acids is 1. The van der Waals surface area contributed by atoms with E-state index in [4.69, 9.17) is 9.52 Å². The molecule has 2 aromatic rings. The summed E-state index contributed by atoms with van der Waals surface area (Å²) in [5.41, 5.74) is 2.38. The van der Waals surface area contributed by atoms with E-state index >= 15 is 0 Å². The molecule has 0 aliphatic heterocycles. The van der Waals surface area contributed by atoms with E-state index in [1.807, 2.05) is 18.2 Å². The molecule has 8 heteroatoms. The van der Waals surface area contributed by atoms with Crippen molar-refractivity contribution in [2.45, 2.75) is 23.3 Å². The highest BCUT2D eigenvalue weighted by atomic mass is 79.9. The summed E-state index contributed by atoms with van der Waals surface area (Å²) < 4.78 is 33.3. The first-order valence-corrected chi connectivity index (χ1v) is 9.28. The second kappa shape index (κ2) is 4.93. The number of sulfonamides is 1. The summed E-state index contributed by atoms with van der Waals surface area (Å²) in [4.78, 5) is 10.7. The zero-order valence-corrected chi connectivity index (χ0v) is 14.1. The second-order valence-corrected chi connectivity index (χ2v) is 8.30. The van der Waals surface area contributed by atoms with E-state index in [1.54, 1.807) is 0 Å². The van der Waals surface area contributed by atoms with Crippen molar-refractivity contribution in [1.29, 1.82) is 0 Å². The Balaban J connectivity index is 1.59. The van der Waals surface area contributed by atoms with Gasteiger partial charge in [0.1, 0.15) is 4.90 Å². The molecule has 1 aromatic heterocycles. The molecular formula is C15H12BrNO5S. The van der Waals surface area contributed by atoms with Crippen LogP contribution in [0.3, 0.4) is 0 Å². The number of hydrogen-bond acceptors (Lipinski definition) is 4. The van der Waals surface area contributed by atoms with Crippen LogP contribution in [0.15, 0.2) is 44.3 Å². The number of halogens is 1. The summed E-state index contributed by atoms with van der Waals surface area (Å²) >= 11 is 3.52. The van der Waals surface area contributed by atoms with Crippen LogP contribution in [0, 0.1) is 5.92 Å². The van der Waals surface area contributed by atoms with Crippen LogP contribution in [-0.4, -0.2) is 25.5 Å². The van der Waals surface area contributed by atoms with Gasteiger partial charge in [-0.2, -0.15) is 0 Å². The van der Waals surface area contributed by atoms with Gasteiger partial charge in [0, 0.05) is 16.4 Å². The number of aromatic carboxylic acids is 1. The molecule has 120 valence electrons. The highest BCUT2D eigenvalue weighted by molar-refractivity contribution is 9.10. The van der Waals surface area contributed by atoms with Gasteiger partial charge in [-0.25, -0.2) is 17.9 Å². The van der Waals surface area contributed by atoms with E-state index in [9.17, 15) is 13.2 Å². The number of furan rings is 1. The number of carbonyl (C=O) groups is 1. The zero-order chi connectivity index (χ0) is 16.4. The maximum absolute atomic E-state index is 12.4. The molecule has 6 nitrogen and oxygen atoms in total. The monoisotopic (exact) mass is 397 g/mol. The Morgan fingerprint density at radius 3 is 2.87 bits per heavy atom. The van der Waals surface area contributed by atoms with Gasteiger partial charge in [0.25, 0.3) is 0 Å². The van der Waals surface area contributed by atoms with Crippen molar-refractivity contribution in [2.75, 3.05) is 0 Å². The molecule has 0 amide bonds. The third-order valence-corrected chi connectivity index (χ3v) is 6.75. The van der Waals surface area contributed by atoms with Crippen LogP contribution >= 0.6 is 15.9 Å². The molecule has 2 N–H and O–H groups in total. The number of rotatable bonds is 4. The van der Waals surface area contributed by atoms with Gasteiger partial charge in [-0.1, -0.05) is 28.1 Å². The van der Waals surface area contributed by atoms with Crippen LogP contribution in [0.1, 0.15) is 27.6 Å². The van der Waals surface area contributed by atoms with E-state index < -0.39 is 21.8 Å². The SMILES string of the molecule is O=C(O)c1occc1S(=O)(=O)NC1C2Cc3c(Br)cccc3C21. The lowest BCUT2D eigenvalue weighted by molar-refractivity contribution is 0.0656. The Labute approximate surface area is 140 Å². The zero-order valence-electron chi connectivity index (χ0n) is 11.7. The lowest BCUT2D eigenvalue weighted by atomic mass is 10.1.